The smallest absolute Gasteiger partial charge is 0.265 e. The first-order chi connectivity index (χ1) is 9.51. The highest BCUT2D eigenvalue weighted by Crippen LogP contribution is 2.24. The Balaban J connectivity index is 2.10. The number of thiophene rings is 1. The summed E-state index contributed by atoms with van der Waals surface area (Å²) in [6, 6.07) is 10.0. The first-order valence-electron chi connectivity index (χ1n) is 7.02. The van der Waals surface area contributed by atoms with Crippen molar-refractivity contribution in [2.75, 3.05) is 5.32 Å². The zero-order valence-electron chi connectivity index (χ0n) is 12.5. The summed E-state index contributed by atoms with van der Waals surface area (Å²) in [4.78, 5) is 14.3. The number of hydrogen-bond acceptors (Lipinski definition) is 2. The number of carbonyl (C=O) groups excluding carboxylic acids is 1. The van der Waals surface area contributed by atoms with E-state index in [1.165, 1.54) is 16.0 Å². The molecule has 1 heterocycles. The largest absolute Gasteiger partial charge is 0.321 e. The summed E-state index contributed by atoms with van der Waals surface area (Å²) >= 11 is 1.58. The number of carbonyl (C=O) groups is 1. The molecule has 0 aliphatic rings. The normalized spacial score (nSPS) is 10.8. The van der Waals surface area contributed by atoms with Crippen LogP contribution in [-0.2, 0) is 6.42 Å². The minimum Gasteiger partial charge on any atom is -0.321 e. The predicted molar refractivity (Wildman–Crippen MR) is 86.9 cm³/mol. The second kappa shape index (κ2) is 6.23. The fourth-order valence-electron chi connectivity index (χ4n) is 2.13. The molecule has 1 N–H and O–H groups in total. The van der Waals surface area contributed by atoms with Crippen molar-refractivity contribution >= 4 is 22.9 Å². The number of nitrogens with one attached hydrogen (secondary N) is 1. The standard InChI is InChI=1S/C17H21NOS/c1-5-15-12(4)10-16(20-15)17(19)18-14-8-6-13(7-9-14)11(2)3/h6-11H,5H2,1-4H3,(H,18,19). The molecule has 3 heteroatoms. The number of rotatable bonds is 4. The molecule has 1 amide bonds. The summed E-state index contributed by atoms with van der Waals surface area (Å²) in [6.45, 7) is 8.50. The van der Waals surface area contributed by atoms with E-state index in [-0.39, 0.29) is 5.91 Å². The molecule has 1 aromatic heterocycles. The lowest BCUT2D eigenvalue weighted by Gasteiger charge is -2.07. The zero-order chi connectivity index (χ0) is 14.7. The van der Waals surface area contributed by atoms with Crippen molar-refractivity contribution in [3.8, 4) is 0 Å². The van der Waals surface area contributed by atoms with Gasteiger partial charge in [-0.1, -0.05) is 32.9 Å². The van der Waals surface area contributed by atoms with Crippen LogP contribution in [0, 0.1) is 6.92 Å². The van der Waals surface area contributed by atoms with Gasteiger partial charge in [-0.3, -0.25) is 4.79 Å². The lowest BCUT2D eigenvalue weighted by atomic mass is 10.0. The molecule has 1 aromatic carbocycles. The van der Waals surface area contributed by atoms with E-state index >= 15 is 0 Å². The van der Waals surface area contributed by atoms with Crippen molar-refractivity contribution in [2.24, 2.45) is 0 Å². The molecule has 0 saturated heterocycles. The van der Waals surface area contributed by atoms with Crippen LogP contribution in [0.5, 0.6) is 0 Å². The topological polar surface area (TPSA) is 29.1 Å². The van der Waals surface area contributed by atoms with Crippen LogP contribution in [-0.4, -0.2) is 5.91 Å². The molecule has 0 fully saturated rings. The maximum atomic E-state index is 12.2. The van der Waals surface area contributed by atoms with Crippen LogP contribution in [0.25, 0.3) is 0 Å². The van der Waals surface area contributed by atoms with Gasteiger partial charge in [0.2, 0.25) is 0 Å². The molecule has 106 valence electrons. The third-order valence-electron chi connectivity index (χ3n) is 3.40. The first-order valence-corrected chi connectivity index (χ1v) is 7.83. The van der Waals surface area contributed by atoms with Crippen LogP contribution in [0.1, 0.15) is 52.4 Å². The monoisotopic (exact) mass is 287 g/mol. The van der Waals surface area contributed by atoms with E-state index in [2.05, 4.69) is 45.1 Å². The number of benzene rings is 1. The fraction of sp³-hybridized carbons (Fsp3) is 0.353. The van der Waals surface area contributed by atoms with Crippen molar-refractivity contribution in [1.82, 2.24) is 0 Å². The molecule has 0 aliphatic heterocycles. The van der Waals surface area contributed by atoms with Crippen LogP contribution in [0.15, 0.2) is 30.3 Å². The molecule has 0 radical (unpaired) electrons. The maximum absolute atomic E-state index is 12.2. The lowest BCUT2D eigenvalue weighted by Crippen LogP contribution is -2.10. The highest BCUT2D eigenvalue weighted by molar-refractivity contribution is 7.14. The Morgan fingerprint density at radius 1 is 1.25 bits per heavy atom. The molecule has 20 heavy (non-hydrogen) atoms. The molecule has 2 nitrogen and oxygen atoms in total. The minimum atomic E-state index is -0.0184. The predicted octanol–water partition coefficient (Wildman–Crippen LogP) is 4.99. The van der Waals surface area contributed by atoms with Gasteiger partial charge in [0, 0.05) is 10.6 Å². The molecule has 2 aromatic rings. The summed E-state index contributed by atoms with van der Waals surface area (Å²) in [5.74, 6) is 0.488. The number of hydrogen-bond donors (Lipinski definition) is 1. The quantitative estimate of drug-likeness (QED) is 0.843. The molecule has 0 unspecified atom stereocenters. The van der Waals surface area contributed by atoms with Gasteiger partial charge in [-0.05, 0) is 48.6 Å². The van der Waals surface area contributed by atoms with Gasteiger partial charge >= 0.3 is 0 Å². The molecular formula is C17H21NOS. The van der Waals surface area contributed by atoms with Crippen LogP contribution in [0.2, 0.25) is 0 Å². The number of anilines is 1. The van der Waals surface area contributed by atoms with E-state index < -0.39 is 0 Å². The molecule has 0 spiro atoms. The van der Waals surface area contributed by atoms with Gasteiger partial charge in [0.1, 0.15) is 0 Å². The van der Waals surface area contributed by atoms with E-state index in [9.17, 15) is 4.79 Å². The van der Waals surface area contributed by atoms with Gasteiger partial charge in [-0.2, -0.15) is 0 Å². The van der Waals surface area contributed by atoms with Crippen LogP contribution in [0.3, 0.4) is 0 Å². The van der Waals surface area contributed by atoms with Crippen molar-refractivity contribution in [3.63, 3.8) is 0 Å². The Bertz CT molecular complexity index is 596. The van der Waals surface area contributed by atoms with Crippen LogP contribution < -0.4 is 5.32 Å². The molecule has 0 saturated carbocycles. The van der Waals surface area contributed by atoms with Gasteiger partial charge < -0.3 is 5.32 Å². The second-order valence-corrected chi connectivity index (χ2v) is 6.44. The average Bonchev–Trinajstić information content (AvgIpc) is 2.80. The molecule has 2 rings (SSSR count). The van der Waals surface area contributed by atoms with Crippen molar-refractivity contribution in [3.05, 3.63) is 51.2 Å². The van der Waals surface area contributed by atoms with Gasteiger partial charge in [0.15, 0.2) is 0 Å². The van der Waals surface area contributed by atoms with Gasteiger partial charge in [-0.15, -0.1) is 11.3 Å². The molecule has 0 aliphatic carbocycles. The second-order valence-electron chi connectivity index (χ2n) is 5.30. The van der Waals surface area contributed by atoms with Crippen molar-refractivity contribution in [1.29, 1.82) is 0 Å². The van der Waals surface area contributed by atoms with Gasteiger partial charge in [-0.25, -0.2) is 0 Å². The summed E-state index contributed by atoms with van der Waals surface area (Å²) in [5.41, 5.74) is 3.34. The SMILES string of the molecule is CCc1sc(C(=O)Nc2ccc(C(C)C)cc2)cc1C. The Hall–Kier alpha value is -1.61. The van der Waals surface area contributed by atoms with Crippen LogP contribution in [0.4, 0.5) is 5.69 Å². The number of amides is 1. The van der Waals surface area contributed by atoms with E-state index in [0.717, 1.165) is 17.0 Å². The van der Waals surface area contributed by atoms with Crippen LogP contribution >= 0.6 is 11.3 Å². The van der Waals surface area contributed by atoms with Gasteiger partial charge in [0.25, 0.3) is 5.91 Å². The molecule has 0 bridgehead atoms. The Morgan fingerprint density at radius 3 is 2.40 bits per heavy atom. The maximum Gasteiger partial charge on any atom is 0.265 e. The summed E-state index contributed by atoms with van der Waals surface area (Å²) in [7, 11) is 0. The minimum absolute atomic E-state index is 0.0184. The Kier molecular flexibility index (Phi) is 4.61. The Labute approximate surface area is 124 Å². The molecular weight excluding hydrogens is 266 g/mol. The van der Waals surface area contributed by atoms with Gasteiger partial charge in [0.05, 0.1) is 4.88 Å². The summed E-state index contributed by atoms with van der Waals surface area (Å²) in [6.07, 6.45) is 0.979. The highest BCUT2D eigenvalue weighted by Gasteiger charge is 2.11. The third-order valence-corrected chi connectivity index (χ3v) is 4.78. The van der Waals surface area contributed by atoms with Crippen molar-refractivity contribution in [2.45, 2.75) is 40.0 Å². The number of aryl methyl sites for hydroxylation is 2. The lowest BCUT2D eigenvalue weighted by molar-refractivity contribution is 0.103. The first kappa shape index (κ1) is 14.8. The summed E-state index contributed by atoms with van der Waals surface area (Å²) < 4.78 is 0. The van der Waals surface area contributed by atoms with E-state index in [4.69, 9.17) is 0 Å². The molecule has 0 atom stereocenters. The highest BCUT2D eigenvalue weighted by atomic mass is 32.1. The fourth-order valence-corrected chi connectivity index (χ4v) is 3.14. The van der Waals surface area contributed by atoms with Crippen molar-refractivity contribution < 1.29 is 4.79 Å². The van der Waals surface area contributed by atoms with E-state index in [0.29, 0.717) is 5.92 Å². The van der Waals surface area contributed by atoms with E-state index in [1.54, 1.807) is 11.3 Å². The zero-order valence-corrected chi connectivity index (χ0v) is 13.3. The Morgan fingerprint density at radius 2 is 1.90 bits per heavy atom. The summed E-state index contributed by atoms with van der Waals surface area (Å²) in [5, 5.41) is 2.96. The van der Waals surface area contributed by atoms with E-state index in [1.807, 2.05) is 18.2 Å². The average molecular weight is 287 g/mol. The third kappa shape index (κ3) is 3.28.